The van der Waals surface area contributed by atoms with Crippen molar-refractivity contribution in [3.63, 3.8) is 0 Å². The minimum Gasteiger partial charge on any atom is -0.456 e. The molecule has 0 unspecified atom stereocenters. The van der Waals surface area contributed by atoms with Crippen LogP contribution >= 0.6 is 0 Å². The van der Waals surface area contributed by atoms with Gasteiger partial charge in [-0.05, 0) is 36.1 Å². The van der Waals surface area contributed by atoms with E-state index < -0.39 is 29.3 Å². The maximum atomic E-state index is 12.2. The summed E-state index contributed by atoms with van der Waals surface area (Å²) in [5.41, 5.74) is 3.04. The fraction of sp³-hybridized carbons (Fsp3) is 0.318. The maximum absolute atomic E-state index is 12.2. The second-order valence-electron chi connectivity index (χ2n) is 6.72. The first kappa shape index (κ1) is 23.5. The van der Waals surface area contributed by atoms with Gasteiger partial charge in [0.2, 0.25) is 5.91 Å². The van der Waals surface area contributed by atoms with E-state index in [4.69, 9.17) is 4.74 Å². The Labute approximate surface area is 179 Å². The van der Waals surface area contributed by atoms with Gasteiger partial charge in [0.05, 0.1) is 11.3 Å². The van der Waals surface area contributed by atoms with Gasteiger partial charge in [-0.3, -0.25) is 24.5 Å². The van der Waals surface area contributed by atoms with Crippen molar-refractivity contribution in [2.24, 2.45) is 0 Å². The van der Waals surface area contributed by atoms with E-state index >= 15 is 0 Å². The number of amides is 2. The lowest BCUT2D eigenvalue weighted by molar-refractivity contribution is -0.384. The third-order valence-electron chi connectivity index (χ3n) is 4.55. The van der Waals surface area contributed by atoms with Crippen LogP contribution in [-0.2, 0) is 32.0 Å². The van der Waals surface area contributed by atoms with Gasteiger partial charge in [-0.2, -0.15) is 0 Å². The van der Waals surface area contributed by atoms with Crippen LogP contribution in [0.25, 0.3) is 0 Å². The standard InChI is InChI=1S/C22H25N3O6/c1-3-15-6-5-7-16(4-2)22(15)24-20(27)14-31-21(28)13-12-19(26)23-17-8-10-18(11-9-17)25(29)30/h5-11H,3-4,12-14H2,1-2H3,(H,23,26)(H,24,27). The van der Waals surface area contributed by atoms with Crippen LogP contribution < -0.4 is 10.6 Å². The number of rotatable bonds is 10. The van der Waals surface area contributed by atoms with Crippen molar-refractivity contribution in [3.8, 4) is 0 Å². The number of non-ortho nitro benzene ring substituents is 1. The summed E-state index contributed by atoms with van der Waals surface area (Å²) in [7, 11) is 0. The zero-order valence-corrected chi connectivity index (χ0v) is 17.5. The molecule has 0 bridgehead atoms. The first-order valence-electron chi connectivity index (χ1n) is 9.94. The van der Waals surface area contributed by atoms with E-state index in [1.54, 1.807) is 0 Å². The first-order chi connectivity index (χ1) is 14.8. The van der Waals surface area contributed by atoms with Crippen molar-refractivity contribution < 1.29 is 24.0 Å². The molecule has 2 rings (SSSR count). The molecule has 2 aromatic rings. The van der Waals surface area contributed by atoms with E-state index in [0.29, 0.717) is 5.69 Å². The Balaban J connectivity index is 1.77. The number of nitro groups is 1. The van der Waals surface area contributed by atoms with Crippen molar-refractivity contribution in [3.05, 3.63) is 63.7 Å². The zero-order valence-electron chi connectivity index (χ0n) is 17.5. The topological polar surface area (TPSA) is 128 Å². The minimum absolute atomic E-state index is 0.0903. The molecule has 0 radical (unpaired) electrons. The van der Waals surface area contributed by atoms with Gasteiger partial charge in [0.15, 0.2) is 6.61 Å². The number of aryl methyl sites for hydroxylation is 2. The normalized spacial score (nSPS) is 10.3. The van der Waals surface area contributed by atoms with Crippen molar-refractivity contribution >= 4 is 34.8 Å². The number of esters is 1. The smallest absolute Gasteiger partial charge is 0.306 e. The summed E-state index contributed by atoms with van der Waals surface area (Å²) in [4.78, 5) is 46.1. The lowest BCUT2D eigenvalue weighted by Gasteiger charge is -2.14. The molecule has 0 aromatic heterocycles. The van der Waals surface area contributed by atoms with Crippen LogP contribution in [0.5, 0.6) is 0 Å². The van der Waals surface area contributed by atoms with Crippen LogP contribution in [0.3, 0.4) is 0 Å². The quantitative estimate of drug-likeness (QED) is 0.339. The molecule has 0 aliphatic heterocycles. The molecule has 0 atom stereocenters. The summed E-state index contributed by atoms with van der Waals surface area (Å²) in [5.74, 6) is -1.56. The van der Waals surface area contributed by atoms with Gasteiger partial charge in [-0.15, -0.1) is 0 Å². The molecule has 0 aliphatic carbocycles. The van der Waals surface area contributed by atoms with Gasteiger partial charge in [0.25, 0.3) is 11.6 Å². The Morgan fingerprint density at radius 2 is 1.52 bits per heavy atom. The molecule has 31 heavy (non-hydrogen) atoms. The average Bonchev–Trinajstić information content (AvgIpc) is 2.76. The Morgan fingerprint density at radius 1 is 0.903 bits per heavy atom. The van der Waals surface area contributed by atoms with Gasteiger partial charge in [-0.1, -0.05) is 32.0 Å². The van der Waals surface area contributed by atoms with Gasteiger partial charge in [0.1, 0.15) is 0 Å². The number of hydrogen-bond donors (Lipinski definition) is 2. The summed E-state index contributed by atoms with van der Waals surface area (Å²) in [6.45, 7) is 3.54. The molecule has 0 saturated carbocycles. The highest BCUT2D eigenvalue weighted by Crippen LogP contribution is 2.22. The SMILES string of the molecule is CCc1cccc(CC)c1NC(=O)COC(=O)CCC(=O)Nc1ccc([N+](=O)[O-])cc1. The highest BCUT2D eigenvalue weighted by Gasteiger charge is 2.14. The summed E-state index contributed by atoms with van der Waals surface area (Å²) < 4.78 is 4.96. The van der Waals surface area contributed by atoms with Gasteiger partial charge in [-0.25, -0.2) is 0 Å². The number of carbonyl (C=O) groups is 3. The van der Waals surface area contributed by atoms with Crippen LogP contribution in [-0.4, -0.2) is 29.3 Å². The fourth-order valence-corrected chi connectivity index (χ4v) is 2.90. The Bertz CT molecular complexity index is 934. The molecule has 0 spiro atoms. The van der Waals surface area contributed by atoms with Gasteiger partial charge in [0, 0.05) is 29.9 Å². The highest BCUT2D eigenvalue weighted by atomic mass is 16.6. The number of nitro benzene ring substituents is 1. The highest BCUT2D eigenvalue weighted by molar-refractivity contribution is 5.95. The third kappa shape index (κ3) is 7.22. The molecule has 0 fully saturated rings. The Morgan fingerprint density at radius 3 is 2.06 bits per heavy atom. The van der Waals surface area contributed by atoms with Crippen LogP contribution in [0.2, 0.25) is 0 Å². The summed E-state index contributed by atoms with van der Waals surface area (Å²) in [6.07, 6.45) is 1.17. The van der Waals surface area contributed by atoms with E-state index in [1.807, 2.05) is 32.0 Å². The summed E-state index contributed by atoms with van der Waals surface area (Å²) in [5, 5.41) is 16.0. The zero-order chi connectivity index (χ0) is 22.8. The number of nitrogens with one attached hydrogen (secondary N) is 2. The molecule has 2 amide bonds. The molecular formula is C22H25N3O6. The Kier molecular flexibility index (Phi) is 8.68. The van der Waals surface area contributed by atoms with Crippen molar-refractivity contribution in [1.29, 1.82) is 0 Å². The van der Waals surface area contributed by atoms with E-state index in [2.05, 4.69) is 10.6 Å². The minimum atomic E-state index is -0.673. The molecule has 2 aromatic carbocycles. The molecular weight excluding hydrogens is 402 g/mol. The monoisotopic (exact) mass is 427 g/mol. The van der Waals surface area contributed by atoms with Crippen LogP contribution in [0.4, 0.5) is 17.1 Å². The van der Waals surface area contributed by atoms with E-state index in [1.165, 1.54) is 24.3 Å². The fourth-order valence-electron chi connectivity index (χ4n) is 2.90. The lowest BCUT2D eigenvalue weighted by Crippen LogP contribution is -2.23. The molecule has 0 heterocycles. The number of nitrogens with zero attached hydrogens (tertiary/aromatic N) is 1. The number of para-hydroxylation sites is 1. The van der Waals surface area contributed by atoms with Crippen LogP contribution in [0.15, 0.2) is 42.5 Å². The average molecular weight is 427 g/mol. The Hall–Kier alpha value is -3.75. The largest absolute Gasteiger partial charge is 0.456 e. The van der Waals surface area contributed by atoms with Crippen molar-refractivity contribution in [2.75, 3.05) is 17.2 Å². The van der Waals surface area contributed by atoms with Crippen molar-refractivity contribution in [2.45, 2.75) is 39.5 Å². The van der Waals surface area contributed by atoms with Crippen LogP contribution in [0.1, 0.15) is 37.8 Å². The van der Waals surface area contributed by atoms with E-state index in [-0.39, 0.29) is 18.5 Å². The molecule has 2 N–H and O–H groups in total. The summed E-state index contributed by atoms with van der Waals surface area (Å²) in [6, 6.07) is 11.1. The molecule has 9 nitrogen and oxygen atoms in total. The van der Waals surface area contributed by atoms with Gasteiger partial charge < -0.3 is 15.4 Å². The molecule has 164 valence electrons. The van der Waals surface area contributed by atoms with E-state index in [9.17, 15) is 24.5 Å². The van der Waals surface area contributed by atoms with E-state index in [0.717, 1.165) is 29.7 Å². The third-order valence-corrected chi connectivity index (χ3v) is 4.55. The number of ether oxygens (including phenoxy) is 1. The van der Waals surface area contributed by atoms with Gasteiger partial charge >= 0.3 is 5.97 Å². The molecule has 0 saturated heterocycles. The molecule has 0 aliphatic rings. The van der Waals surface area contributed by atoms with Crippen LogP contribution in [0, 0.1) is 10.1 Å². The number of carbonyl (C=O) groups excluding carboxylic acids is 3. The second-order valence-corrected chi connectivity index (χ2v) is 6.72. The lowest BCUT2D eigenvalue weighted by atomic mass is 10.0. The first-order valence-corrected chi connectivity index (χ1v) is 9.94. The predicted molar refractivity (Wildman–Crippen MR) is 116 cm³/mol. The maximum Gasteiger partial charge on any atom is 0.306 e. The van der Waals surface area contributed by atoms with Crippen molar-refractivity contribution in [1.82, 2.24) is 0 Å². The number of anilines is 2. The number of benzene rings is 2. The second kappa shape index (κ2) is 11.4. The predicted octanol–water partition coefficient (Wildman–Crippen LogP) is 3.62. The number of hydrogen-bond acceptors (Lipinski definition) is 6. The molecule has 9 heteroatoms. The summed E-state index contributed by atoms with van der Waals surface area (Å²) >= 11 is 0.